The maximum Gasteiger partial charge on any atom is 0.123 e. The Labute approximate surface area is 128 Å². The first-order valence-electron chi connectivity index (χ1n) is 7.71. The molecule has 0 amide bonds. The average molecular weight is 302 g/mol. The first-order valence-corrected chi connectivity index (χ1v) is 8.59. The maximum atomic E-state index is 12.9. The molecule has 0 spiro atoms. The number of nitrogens with zero attached hydrogens (tertiary/aromatic N) is 1. The molecule has 21 heavy (non-hydrogen) atoms. The third-order valence-electron chi connectivity index (χ3n) is 4.93. The summed E-state index contributed by atoms with van der Waals surface area (Å²) < 4.78 is 12.9. The highest BCUT2D eigenvalue weighted by Crippen LogP contribution is 2.44. The molecular formula is C17H19FN2S. The fourth-order valence-electron chi connectivity index (χ4n) is 3.84. The Bertz CT molecular complexity index is 622. The quantitative estimate of drug-likeness (QED) is 0.914. The van der Waals surface area contributed by atoms with Gasteiger partial charge in [-0.25, -0.2) is 9.37 Å². The van der Waals surface area contributed by atoms with Crippen molar-refractivity contribution in [1.29, 1.82) is 0 Å². The van der Waals surface area contributed by atoms with E-state index in [9.17, 15) is 4.39 Å². The molecule has 1 aromatic carbocycles. The van der Waals surface area contributed by atoms with E-state index < -0.39 is 0 Å². The molecule has 2 saturated carbocycles. The van der Waals surface area contributed by atoms with Crippen LogP contribution in [-0.2, 0) is 6.54 Å². The molecule has 2 aliphatic rings. The standard InChI is InChI=1S/C17H19FN2S/c18-14-5-3-12(4-6-14)17-20-15(10-21-17)9-19-16-8-11-1-2-13(16)7-11/h3-6,10-11,13,16,19H,1-2,7-9H2. The summed E-state index contributed by atoms with van der Waals surface area (Å²) in [7, 11) is 0. The Kier molecular flexibility index (Phi) is 3.51. The lowest BCUT2D eigenvalue weighted by Gasteiger charge is -2.22. The van der Waals surface area contributed by atoms with Crippen molar-refractivity contribution in [2.75, 3.05) is 0 Å². The first-order chi connectivity index (χ1) is 10.3. The van der Waals surface area contributed by atoms with Crippen molar-refractivity contribution in [1.82, 2.24) is 10.3 Å². The average Bonchev–Trinajstić information content (AvgIpc) is 3.22. The normalized spacial score (nSPS) is 27.4. The molecule has 2 fully saturated rings. The van der Waals surface area contributed by atoms with Crippen LogP contribution in [0.3, 0.4) is 0 Å². The molecular weight excluding hydrogens is 283 g/mol. The summed E-state index contributed by atoms with van der Waals surface area (Å²) in [4.78, 5) is 4.67. The second kappa shape index (κ2) is 5.50. The van der Waals surface area contributed by atoms with Gasteiger partial charge < -0.3 is 5.32 Å². The van der Waals surface area contributed by atoms with Gasteiger partial charge in [-0.2, -0.15) is 0 Å². The van der Waals surface area contributed by atoms with Crippen LogP contribution in [0.4, 0.5) is 4.39 Å². The van der Waals surface area contributed by atoms with Crippen LogP contribution in [0.5, 0.6) is 0 Å². The predicted molar refractivity (Wildman–Crippen MR) is 83.6 cm³/mol. The summed E-state index contributed by atoms with van der Waals surface area (Å²) in [5.74, 6) is 1.66. The minimum Gasteiger partial charge on any atom is -0.308 e. The van der Waals surface area contributed by atoms with E-state index in [2.05, 4.69) is 15.7 Å². The Morgan fingerprint density at radius 1 is 1.19 bits per heavy atom. The molecule has 1 heterocycles. The smallest absolute Gasteiger partial charge is 0.123 e. The molecule has 0 saturated heterocycles. The zero-order valence-corrected chi connectivity index (χ0v) is 12.7. The summed E-state index contributed by atoms with van der Waals surface area (Å²) >= 11 is 1.63. The van der Waals surface area contributed by atoms with Crippen LogP contribution in [0.15, 0.2) is 29.6 Å². The van der Waals surface area contributed by atoms with Gasteiger partial charge in [0.05, 0.1) is 5.69 Å². The Balaban J connectivity index is 1.39. The number of fused-ring (bicyclic) bond motifs is 2. The van der Waals surface area contributed by atoms with Gasteiger partial charge in [-0.15, -0.1) is 11.3 Å². The number of thiazole rings is 1. The number of hydrogen-bond acceptors (Lipinski definition) is 3. The van der Waals surface area contributed by atoms with E-state index in [0.717, 1.165) is 34.6 Å². The maximum absolute atomic E-state index is 12.9. The fourth-order valence-corrected chi connectivity index (χ4v) is 4.67. The van der Waals surface area contributed by atoms with Crippen molar-refractivity contribution in [2.45, 2.75) is 38.3 Å². The Hall–Kier alpha value is -1.26. The van der Waals surface area contributed by atoms with Gasteiger partial charge in [0, 0.05) is 23.5 Å². The van der Waals surface area contributed by atoms with E-state index in [1.54, 1.807) is 23.5 Å². The monoisotopic (exact) mass is 302 g/mol. The van der Waals surface area contributed by atoms with E-state index in [1.807, 2.05) is 0 Å². The van der Waals surface area contributed by atoms with E-state index in [1.165, 1.54) is 37.8 Å². The van der Waals surface area contributed by atoms with E-state index in [4.69, 9.17) is 0 Å². The number of rotatable bonds is 4. The second-order valence-electron chi connectivity index (χ2n) is 6.31. The van der Waals surface area contributed by atoms with Crippen molar-refractivity contribution in [2.24, 2.45) is 11.8 Å². The number of benzene rings is 1. The zero-order valence-electron chi connectivity index (χ0n) is 11.9. The van der Waals surface area contributed by atoms with Crippen LogP contribution in [0.25, 0.3) is 10.6 Å². The molecule has 110 valence electrons. The predicted octanol–water partition coefficient (Wildman–Crippen LogP) is 4.23. The minimum atomic E-state index is -0.200. The largest absolute Gasteiger partial charge is 0.308 e. The van der Waals surface area contributed by atoms with Crippen molar-refractivity contribution in [3.8, 4) is 10.6 Å². The van der Waals surface area contributed by atoms with Crippen LogP contribution in [0.2, 0.25) is 0 Å². The molecule has 2 bridgehead atoms. The van der Waals surface area contributed by atoms with Crippen molar-refractivity contribution >= 4 is 11.3 Å². The van der Waals surface area contributed by atoms with Gasteiger partial charge in [0.2, 0.25) is 0 Å². The molecule has 0 aliphatic heterocycles. The summed E-state index contributed by atoms with van der Waals surface area (Å²) in [5, 5.41) is 6.77. The summed E-state index contributed by atoms with van der Waals surface area (Å²) in [5.41, 5.74) is 2.09. The van der Waals surface area contributed by atoms with Crippen LogP contribution in [-0.4, -0.2) is 11.0 Å². The van der Waals surface area contributed by atoms with Crippen LogP contribution >= 0.6 is 11.3 Å². The fraction of sp³-hybridized carbons (Fsp3) is 0.471. The highest BCUT2D eigenvalue weighted by Gasteiger charge is 2.39. The van der Waals surface area contributed by atoms with Gasteiger partial charge in [-0.3, -0.25) is 0 Å². The molecule has 2 nitrogen and oxygen atoms in total. The third kappa shape index (κ3) is 2.74. The molecule has 4 heteroatoms. The van der Waals surface area contributed by atoms with Crippen LogP contribution in [0.1, 0.15) is 31.4 Å². The summed E-state index contributed by atoms with van der Waals surface area (Å²) in [6, 6.07) is 7.26. The number of aromatic nitrogens is 1. The zero-order chi connectivity index (χ0) is 14.2. The number of nitrogens with one attached hydrogen (secondary N) is 1. The SMILES string of the molecule is Fc1ccc(-c2nc(CNC3CC4CCC3C4)cs2)cc1. The molecule has 0 radical (unpaired) electrons. The Morgan fingerprint density at radius 2 is 2.05 bits per heavy atom. The Morgan fingerprint density at radius 3 is 2.76 bits per heavy atom. The van der Waals surface area contributed by atoms with Gasteiger partial charge in [0.25, 0.3) is 0 Å². The van der Waals surface area contributed by atoms with E-state index in [0.29, 0.717) is 6.04 Å². The highest BCUT2D eigenvalue weighted by molar-refractivity contribution is 7.13. The lowest BCUT2D eigenvalue weighted by atomic mass is 9.95. The summed E-state index contributed by atoms with van der Waals surface area (Å²) in [6.07, 6.45) is 5.61. The molecule has 1 aromatic heterocycles. The molecule has 3 unspecified atom stereocenters. The van der Waals surface area contributed by atoms with Gasteiger partial charge >= 0.3 is 0 Å². The third-order valence-corrected chi connectivity index (χ3v) is 5.87. The number of halogens is 1. The van der Waals surface area contributed by atoms with Crippen molar-refractivity contribution in [3.63, 3.8) is 0 Å². The highest BCUT2D eigenvalue weighted by atomic mass is 32.1. The van der Waals surface area contributed by atoms with Crippen molar-refractivity contribution < 1.29 is 4.39 Å². The minimum absolute atomic E-state index is 0.200. The van der Waals surface area contributed by atoms with Gasteiger partial charge in [-0.1, -0.05) is 6.42 Å². The van der Waals surface area contributed by atoms with E-state index in [-0.39, 0.29) is 5.82 Å². The lowest BCUT2D eigenvalue weighted by Crippen LogP contribution is -2.33. The molecule has 1 N–H and O–H groups in total. The van der Waals surface area contributed by atoms with Gasteiger partial charge in [-0.05, 0) is 55.4 Å². The lowest BCUT2D eigenvalue weighted by molar-refractivity contribution is 0.349. The van der Waals surface area contributed by atoms with Crippen LogP contribution in [0, 0.1) is 17.7 Å². The second-order valence-corrected chi connectivity index (χ2v) is 7.17. The van der Waals surface area contributed by atoms with Gasteiger partial charge in [0.15, 0.2) is 0 Å². The van der Waals surface area contributed by atoms with E-state index >= 15 is 0 Å². The summed E-state index contributed by atoms with van der Waals surface area (Å²) in [6.45, 7) is 0.853. The topological polar surface area (TPSA) is 24.9 Å². The molecule has 2 aliphatic carbocycles. The first kappa shape index (κ1) is 13.4. The number of hydrogen-bond donors (Lipinski definition) is 1. The molecule has 3 atom stereocenters. The van der Waals surface area contributed by atoms with Gasteiger partial charge in [0.1, 0.15) is 10.8 Å². The molecule has 4 rings (SSSR count). The van der Waals surface area contributed by atoms with Crippen molar-refractivity contribution in [3.05, 3.63) is 41.2 Å². The molecule has 2 aromatic rings. The van der Waals surface area contributed by atoms with Crippen LogP contribution < -0.4 is 5.32 Å².